The second-order valence-electron chi connectivity index (χ2n) is 3.16. The number of rotatable bonds is 3. The summed E-state index contributed by atoms with van der Waals surface area (Å²) < 4.78 is 1.17. The van der Waals surface area contributed by atoms with Gasteiger partial charge in [0.05, 0.1) is 0 Å². The number of thiocarbonyl (C=S) groups is 1. The first-order chi connectivity index (χ1) is 7.16. The minimum Gasteiger partial charge on any atom is -0.477 e. The lowest BCUT2D eigenvalue weighted by Crippen LogP contribution is -2.11. The molecule has 0 atom stereocenters. The molecule has 0 spiro atoms. The molecule has 15 heavy (non-hydrogen) atoms. The van der Waals surface area contributed by atoms with Gasteiger partial charge < -0.3 is 5.11 Å². The summed E-state index contributed by atoms with van der Waals surface area (Å²) in [6.45, 7) is 0. The summed E-state index contributed by atoms with van der Waals surface area (Å²) in [6, 6.07) is 9.97. The molecule has 0 radical (unpaired) electrons. The van der Waals surface area contributed by atoms with Gasteiger partial charge in [0, 0.05) is 16.0 Å². The van der Waals surface area contributed by atoms with Gasteiger partial charge in [-0.15, -0.1) is 11.3 Å². The average Bonchev–Trinajstić information content (AvgIpc) is 2.59. The smallest absolute Gasteiger partial charge is 0.342 e. The van der Waals surface area contributed by atoms with E-state index < -0.39 is 5.97 Å². The molecule has 0 bridgehead atoms. The van der Waals surface area contributed by atoms with Crippen LogP contribution in [-0.4, -0.2) is 15.9 Å². The molecule has 1 aromatic heterocycles. The van der Waals surface area contributed by atoms with Crippen molar-refractivity contribution in [2.45, 2.75) is 6.42 Å². The Balaban J connectivity index is 2.30. The number of benzene rings is 1. The molecule has 0 amide bonds. The van der Waals surface area contributed by atoms with Crippen molar-refractivity contribution in [3.63, 3.8) is 0 Å². The van der Waals surface area contributed by atoms with Gasteiger partial charge in [0.2, 0.25) is 0 Å². The number of carboxylic acid groups (broad SMARTS) is 1. The third-order valence-corrected chi connectivity index (χ3v) is 3.48. The van der Waals surface area contributed by atoms with Crippen LogP contribution in [0, 0.1) is 0 Å². The van der Waals surface area contributed by atoms with Crippen LogP contribution in [0.5, 0.6) is 0 Å². The fraction of sp³-hybridized carbons (Fsp3) is 0.0909. The van der Waals surface area contributed by atoms with Crippen LogP contribution >= 0.6 is 23.6 Å². The van der Waals surface area contributed by atoms with E-state index in [0.29, 0.717) is 6.42 Å². The number of aliphatic carboxylic acids is 1. The van der Waals surface area contributed by atoms with Gasteiger partial charge in [-0.25, -0.2) is 4.79 Å². The summed E-state index contributed by atoms with van der Waals surface area (Å²) in [5.74, 6) is -0.998. The Hall–Kier alpha value is -1.26. The van der Waals surface area contributed by atoms with E-state index in [9.17, 15) is 4.79 Å². The highest BCUT2D eigenvalue weighted by atomic mass is 32.1. The Morgan fingerprint density at radius 1 is 1.40 bits per heavy atom. The maximum atomic E-state index is 10.6. The average molecular weight is 236 g/mol. The SMILES string of the molecule is O=C(O)C(=S)Cc1cc2ccccc2s1. The van der Waals surface area contributed by atoms with Crippen LogP contribution in [0.4, 0.5) is 0 Å². The molecule has 2 aromatic rings. The number of hydrogen-bond donors (Lipinski definition) is 1. The Kier molecular flexibility index (Phi) is 2.79. The van der Waals surface area contributed by atoms with Gasteiger partial charge in [-0.1, -0.05) is 30.4 Å². The first kappa shape index (κ1) is 10.3. The summed E-state index contributed by atoms with van der Waals surface area (Å²) in [5.41, 5.74) is 0. The van der Waals surface area contributed by atoms with Crippen LogP contribution in [0.25, 0.3) is 10.1 Å². The van der Waals surface area contributed by atoms with Crippen LogP contribution in [0.3, 0.4) is 0 Å². The summed E-state index contributed by atoms with van der Waals surface area (Å²) >= 11 is 6.36. The van der Waals surface area contributed by atoms with Crippen molar-refractivity contribution in [3.05, 3.63) is 35.2 Å². The van der Waals surface area contributed by atoms with Gasteiger partial charge in [0.1, 0.15) is 4.86 Å². The highest BCUT2D eigenvalue weighted by molar-refractivity contribution is 7.82. The highest BCUT2D eigenvalue weighted by Crippen LogP contribution is 2.25. The molecule has 1 N–H and O–H groups in total. The van der Waals surface area contributed by atoms with Crippen LogP contribution in [0.2, 0.25) is 0 Å². The molecule has 1 aromatic carbocycles. The quantitative estimate of drug-likeness (QED) is 0.833. The van der Waals surface area contributed by atoms with Gasteiger partial charge in [0.25, 0.3) is 0 Å². The zero-order chi connectivity index (χ0) is 10.8. The van der Waals surface area contributed by atoms with E-state index in [1.54, 1.807) is 11.3 Å². The fourth-order valence-corrected chi connectivity index (χ4v) is 2.68. The van der Waals surface area contributed by atoms with E-state index >= 15 is 0 Å². The van der Waals surface area contributed by atoms with E-state index in [0.717, 1.165) is 10.3 Å². The third kappa shape index (κ3) is 2.22. The van der Waals surface area contributed by atoms with Crippen molar-refractivity contribution in [3.8, 4) is 0 Å². The standard InChI is InChI=1S/C11H8O2S2/c12-11(13)9(14)6-8-5-7-3-1-2-4-10(7)15-8/h1-5H,6H2,(H,12,13). The molecule has 0 unspecified atom stereocenters. The molecule has 0 aliphatic carbocycles. The second kappa shape index (κ2) is 4.08. The van der Waals surface area contributed by atoms with Crippen molar-refractivity contribution < 1.29 is 9.90 Å². The number of hydrogen-bond acceptors (Lipinski definition) is 3. The third-order valence-electron chi connectivity index (χ3n) is 2.05. The minimum atomic E-state index is -0.998. The predicted octanol–water partition coefficient (Wildman–Crippen LogP) is 2.90. The second-order valence-corrected chi connectivity index (χ2v) is 4.82. The lowest BCUT2D eigenvalue weighted by molar-refractivity contribution is -0.129. The normalized spacial score (nSPS) is 10.4. The first-order valence-corrected chi connectivity index (χ1v) is 5.63. The molecule has 4 heteroatoms. The summed E-state index contributed by atoms with van der Waals surface area (Å²) in [4.78, 5) is 11.7. The van der Waals surface area contributed by atoms with Gasteiger partial charge in [-0.05, 0) is 17.5 Å². The molecule has 2 nitrogen and oxygen atoms in total. The van der Waals surface area contributed by atoms with Crippen LogP contribution < -0.4 is 0 Å². The summed E-state index contributed by atoms with van der Waals surface area (Å²) in [7, 11) is 0. The van der Waals surface area contributed by atoms with Crippen molar-refractivity contribution in [1.82, 2.24) is 0 Å². The Morgan fingerprint density at radius 3 is 2.80 bits per heavy atom. The number of carbonyl (C=O) groups is 1. The Labute approximate surface area is 96.2 Å². The van der Waals surface area contributed by atoms with Crippen molar-refractivity contribution in [2.75, 3.05) is 0 Å². The van der Waals surface area contributed by atoms with Crippen LogP contribution in [0.1, 0.15) is 4.88 Å². The summed E-state index contributed by atoms with van der Waals surface area (Å²) in [5, 5.41) is 9.83. The zero-order valence-corrected chi connectivity index (χ0v) is 9.40. The molecule has 0 aliphatic rings. The monoisotopic (exact) mass is 236 g/mol. The lowest BCUT2D eigenvalue weighted by Gasteiger charge is -1.92. The highest BCUT2D eigenvalue weighted by Gasteiger charge is 2.09. The summed E-state index contributed by atoms with van der Waals surface area (Å²) in [6.07, 6.45) is 0.351. The molecule has 76 valence electrons. The minimum absolute atomic E-state index is 0.0709. The maximum absolute atomic E-state index is 10.6. The molecule has 2 rings (SSSR count). The molecule has 0 aliphatic heterocycles. The van der Waals surface area contributed by atoms with E-state index in [2.05, 4.69) is 0 Å². The van der Waals surface area contributed by atoms with Gasteiger partial charge in [-0.2, -0.15) is 0 Å². The number of carboxylic acids is 1. The molecule has 0 fully saturated rings. The van der Waals surface area contributed by atoms with E-state index in [4.69, 9.17) is 17.3 Å². The van der Waals surface area contributed by atoms with E-state index in [1.165, 1.54) is 4.70 Å². The molecule has 1 heterocycles. The first-order valence-electron chi connectivity index (χ1n) is 4.40. The number of fused-ring (bicyclic) bond motifs is 1. The van der Waals surface area contributed by atoms with Crippen molar-refractivity contribution >= 4 is 44.5 Å². The van der Waals surface area contributed by atoms with Crippen LogP contribution in [-0.2, 0) is 11.2 Å². The fourth-order valence-electron chi connectivity index (χ4n) is 1.36. The maximum Gasteiger partial charge on any atom is 0.342 e. The molecular formula is C11H8O2S2. The predicted molar refractivity (Wildman–Crippen MR) is 65.8 cm³/mol. The van der Waals surface area contributed by atoms with Gasteiger partial charge >= 0.3 is 5.97 Å². The largest absolute Gasteiger partial charge is 0.477 e. The van der Waals surface area contributed by atoms with E-state index in [-0.39, 0.29) is 4.86 Å². The Morgan fingerprint density at radius 2 is 2.13 bits per heavy atom. The molecule has 0 saturated carbocycles. The van der Waals surface area contributed by atoms with Crippen LogP contribution in [0.15, 0.2) is 30.3 Å². The van der Waals surface area contributed by atoms with E-state index in [1.807, 2.05) is 30.3 Å². The zero-order valence-electron chi connectivity index (χ0n) is 7.77. The number of thiophene rings is 1. The lowest BCUT2D eigenvalue weighted by atomic mass is 10.2. The Bertz CT molecular complexity index is 495. The molecular weight excluding hydrogens is 228 g/mol. The van der Waals surface area contributed by atoms with Crippen molar-refractivity contribution in [2.24, 2.45) is 0 Å². The van der Waals surface area contributed by atoms with Gasteiger partial charge in [-0.3, -0.25) is 0 Å². The van der Waals surface area contributed by atoms with Gasteiger partial charge in [0.15, 0.2) is 0 Å². The van der Waals surface area contributed by atoms with Crippen molar-refractivity contribution in [1.29, 1.82) is 0 Å². The topological polar surface area (TPSA) is 37.3 Å². The molecule has 0 saturated heterocycles.